The van der Waals surface area contributed by atoms with Crippen molar-refractivity contribution < 1.29 is 20.1 Å². The maximum atomic E-state index is 11.1. The van der Waals surface area contributed by atoms with Crippen molar-refractivity contribution >= 4 is 0 Å². The van der Waals surface area contributed by atoms with Crippen molar-refractivity contribution in [2.45, 2.75) is 56.5 Å². The molecule has 3 aliphatic rings. The smallest absolute Gasteiger partial charge is 0.293 e. The minimum atomic E-state index is -2.35. The maximum absolute atomic E-state index is 11.1. The fraction of sp³-hybridized carbons (Fsp3) is 0.526. The van der Waals surface area contributed by atoms with E-state index >= 15 is 0 Å². The number of hydrogen-bond acceptors (Lipinski definition) is 5. The van der Waals surface area contributed by atoms with E-state index in [1.54, 1.807) is 6.33 Å². The molecule has 1 aromatic heterocycles. The van der Waals surface area contributed by atoms with Crippen LogP contribution < -0.4 is 4.74 Å². The molecule has 2 aromatic rings. The lowest BCUT2D eigenvalue weighted by Gasteiger charge is -2.51. The molecule has 6 nitrogen and oxygen atoms in total. The molecule has 132 valence electrons. The van der Waals surface area contributed by atoms with Crippen LogP contribution in [0.15, 0.2) is 18.5 Å². The van der Waals surface area contributed by atoms with Gasteiger partial charge in [0.2, 0.25) is 5.79 Å². The summed E-state index contributed by atoms with van der Waals surface area (Å²) in [5, 5.41) is 33.1. The van der Waals surface area contributed by atoms with Gasteiger partial charge in [0.15, 0.2) is 0 Å². The van der Waals surface area contributed by atoms with Crippen LogP contribution in [0.1, 0.15) is 47.3 Å². The lowest BCUT2D eigenvalue weighted by Crippen LogP contribution is -2.65. The summed E-state index contributed by atoms with van der Waals surface area (Å²) in [6, 6.07) is 3.86. The Morgan fingerprint density at radius 3 is 2.92 bits per heavy atom. The van der Waals surface area contributed by atoms with E-state index in [2.05, 4.69) is 9.97 Å². The number of aryl methyl sites for hydroxylation is 2. The number of aromatic nitrogens is 2. The summed E-state index contributed by atoms with van der Waals surface area (Å²) in [7, 11) is 0. The lowest BCUT2D eigenvalue weighted by atomic mass is 9.73. The van der Waals surface area contributed by atoms with Gasteiger partial charge in [-0.05, 0) is 62.1 Å². The molecule has 0 spiro atoms. The van der Waals surface area contributed by atoms with Crippen LogP contribution >= 0.6 is 0 Å². The van der Waals surface area contributed by atoms with E-state index in [-0.39, 0.29) is 0 Å². The van der Waals surface area contributed by atoms with Gasteiger partial charge in [-0.15, -0.1) is 0 Å². The summed E-state index contributed by atoms with van der Waals surface area (Å²) in [6.45, 7) is 0. The average Bonchev–Trinajstić information content (AvgIpc) is 3.07. The zero-order valence-corrected chi connectivity index (χ0v) is 14.0. The highest BCUT2D eigenvalue weighted by Crippen LogP contribution is 2.54. The lowest BCUT2D eigenvalue weighted by molar-refractivity contribution is -0.391. The first kappa shape index (κ1) is 15.4. The summed E-state index contributed by atoms with van der Waals surface area (Å²) in [6.07, 6.45) is 7.23. The third-order valence-electron chi connectivity index (χ3n) is 6.15. The van der Waals surface area contributed by atoms with E-state index in [0.29, 0.717) is 30.6 Å². The Morgan fingerprint density at radius 1 is 1.20 bits per heavy atom. The van der Waals surface area contributed by atoms with Gasteiger partial charge >= 0.3 is 0 Å². The molecule has 0 fully saturated rings. The molecule has 0 saturated carbocycles. The second kappa shape index (κ2) is 5.06. The highest BCUT2D eigenvalue weighted by molar-refractivity contribution is 5.55. The topological polar surface area (TPSA) is 98.6 Å². The molecule has 0 amide bonds. The minimum absolute atomic E-state index is 0.429. The Hall–Kier alpha value is -1.89. The fourth-order valence-electron chi connectivity index (χ4n) is 4.71. The Labute approximate surface area is 145 Å². The summed E-state index contributed by atoms with van der Waals surface area (Å²) >= 11 is 0. The average molecular weight is 342 g/mol. The first-order chi connectivity index (χ1) is 12.0. The van der Waals surface area contributed by atoms with Crippen molar-refractivity contribution in [1.29, 1.82) is 0 Å². The van der Waals surface area contributed by atoms with Crippen LogP contribution in [0, 0.1) is 5.92 Å². The second-order valence-electron chi connectivity index (χ2n) is 7.52. The third-order valence-corrected chi connectivity index (χ3v) is 6.15. The van der Waals surface area contributed by atoms with E-state index in [0.717, 1.165) is 42.6 Å². The Balaban J connectivity index is 1.53. The zero-order chi connectivity index (χ0) is 17.2. The first-order valence-corrected chi connectivity index (χ1v) is 9.03. The molecular weight excluding hydrogens is 320 g/mol. The van der Waals surface area contributed by atoms with E-state index in [1.165, 1.54) is 5.56 Å². The minimum Gasteiger partial charge on any atom is -0.452 e. The van der Waals surface area contributed by atoms with Gasteiger partial charge in [0, 0.05) is 11.6 Å². The molecule has 0 saturated heterocycles. The fourth-order valence-corrected chi connectivity index (χ4v) is 4.71. The number of nitrogens with zero attached hydrogens (tertiary/aromatic N) is 1. The molecule has 4 N–H and O–H groups in total. The molecule has 2 atom stereocenters. The molecular formula is C19H22N2O4. The van der Waals surface area contributed by atoms with Crippen LogP contribution in [-0.4, -0.2) is 31.1 Å². The third kappa shape index (κ3) is 1.99. The number of hydrogen-bond donors (Lipinski definition) is 4. The molecule has 5 rings (SSSR count). The predicted octanol–water partition coefficient (Wildman–Crippen LogP) is 1.31. The van der Waals surface area contributed by atoms with E-state index in [1.807, 2.05) is 12.1 Å². The number of ether oxygens (including phenoxy) is 1. The van der Waals surface area contributed by atoms with Gasteiger partial charge in [-0.3, -0.25) is 0 Å². The van der Waals surface area contributed by atoms with Crippen molar-refractivity contribution in [2.75, 3.05) is 0 Å². The van der Waals surface area contributed by atoms with Gasteiger partial charge in [0.25, 0.3) is 5.79 Å². The van der Waals surface area contributed by atoms with Crippen molar-refractivity contribution in [3.05, 3.63) is 46.5 Å². The van der Waals surface area contributed by atoms with Crippen molar-refractivity contribution in [2.24, 2.45) is 5.92 Å². The number of rotatable bonds is 2. The van der Waals surface area contributed by atoms with Crippen molar-refractivity contribution in [3.63, 3.8) is 0 Å². The Kier molecular flexibility index (Phi) is 3.11. The molecule has 0 radical (unpaired) electrons. The summed E-state index contributed by atoms with van der Waals surface area (Å²) < 4.78 is 5.56. The first-order valence-electron chi connectivity index (χ1n) is 9.03. The molecule has 0 bridgehead atoms. The quantitative estimate of drug-likeness (QED) is 0.617. The monoisotopic (exact) mass is 342 g/mol. The summed E-state index contributed by atoms with van der Waals surface area (Å²) in [5.41, 5.74) is 4.66. The molecule has 2 aliphatic carbocycles. The van der Waals surface area contributed by atoms with Crippen molar-refractivity contribution in [1.82, 2.24) is 9.97 Å². The number of benzene rings is 1. The van der Waals surface area contributed by atoms with E-state index in [4.69, 9.17) is 4.74 Å². The van der Waals surface area contributed by atoms with Crippen LogP contribution in [0.2, 0.25) is 0 Å². The summed E-state index contributed by atoms with van der Waals surface area (Å²) in [4.78, 5) is 7.31. The van der Waals surface area contributed by atoms with Gasteiger partial charge in [0.1, 0.15) is 5.75 Å². The van der Waals surface area contributed by atoms with Gasteiger partial charge in [0.05, 0.1) is 17.6 Å². The van der Waals surface area contributed by atoms with Gasteiger partial charge < -0.3 is 25.0 Å². The Morgan fingerprint density at radius 2 is 2.04 bits per heavy atom. The van der Waals surface area contributed by atoms with Crippen LogP contribution in [-0.2, 0) is 31.5 Å². The molecule has 2 unspecified atom stereocenters. The number of aliphatic hydroxyl groups is 3. The normalized spacial score (nSPS) is 27.6. The number of nitrogens with one attached hydrogen (secondary N) is 1. The van der Waals surface area contributed by atoms with Crippen LogP contribution in [0.3, 0.4) is 0 Å². The van der Waals surface area contributed by atoms with E-state index in [9.17, 15) is 15.3 Å². The predicted molar refractivity (Wildman–Crippen MR) is 88.9 cm³/mol. The van der Waals surface area contributed by atoms with Crippen LogP contribution in [0.5, 0.6) is 5.75 Å². The highest BCUT2D eigenvalue weighted by Gasteiger charge is 2.64. The molecule has 1 aromatic carbocycles. The molecule has 2 heterocycles. The van der Waals surface area contributed by atoms with Gasteiger partial charge in [-0.1, -0.05) is 6.07 Å². The van der Waals surface area contributed by atoms with Crippen molar-refractivity contribution in [3.8, 4) is 5.75 Å². The van der Waals surface area contributed by atoms with E-state index < -0.39 is 17.5 Å². The molecule has 1 aliphatic heterocycles. The number of fused-ring (bicyclic) bond motifs is 4. The standard InChI is InChI=1S/C19H22N2O4/c22-18(23,12-6-7-14-15(9-12)21-10-20-14)19(24)17-13-4-2-1-3-11(13)5-8-16(17)25-19/h5,8,10,12,22-24H,1-4,6-7,9H2,(H,20,21). The number of imidazole rings is 1. The maximum Gasteiger partial charge on any atom is 0.293 e. The molecule has 6 heteroatoms. The summed E-state index contributed by atoms with van der Waals surface area (Å²) in [5.74, 6) is -4.38. The largest absolute Gasteiger partial charge is 0.452 e. The van der Waals surface area contributed by atoms with Gasteiger partial charge in [-0.25, -0.2) is 4.98 Å². The number of aromatic amines is 1. The van der Waals surface area contributed by atoms with Gasteiger partial charge in [-0.2, -0.15) is 0 Å². The molecule has 25 heavy (non-hydrogen) atoms. The number of H-pyrrole nitrogens is 1. The SMILES string of the molecule is OC1(C(O)(O)C2CCc3nc[nH]c3C2)Oc2ccc3c(c21)CCCC3. The highest BCUT2D eigenvalue weighted by atomic mass is 16.7. The Bertz CT molecular complexity index is 844. The van der Waals surface area contributed by atoms with Crippen LogP contribution in [0.25, 0.3) is 0 Å². The van der Waals surface area contributed by atoms with Crippen LogP contribution in [0.4, 0.5) is 0 Å². The second-order valence-corrected chi connectivity index (χ2v) is 7.52. The zero-order valence-electron chi connectivity index (χ0n) is 14.0.